The maximum Gasteiger partial charge on any atom is 0.0768 e. The summed E-state index contributed by atoms with van der Waals surface area (Å²) in [5, 5.41) is 9.75. The molecule has 0 aromatic rings. The average molecular weight is 244 g/mol. The molecule has 0 rings (SSSR count). The SMILES string of the molecule is C=C[C@@H](O)[C@H](C)[C@H](OC)[C@H](C)COCCCC. The van der Waals surface area contributed by atoms with Gasteiger partial charge in [0.1, 0.15) is 0 Å². The van der Waals surface area contributed by atoms with Crippen molar-refractivity contribution in [1.29, 1.82) is 0 Å². The molecule has 0 spiro atoms. The summed E-state index contributed by atoms with van der Waals surface area (Å²) in [5.74, 6) is 0.295. The molecule has 0 radical (unpaired) electrons. The molecule has 0 aliphatic carbocycles. The Balaban J connectivity index is 4.10. The average Bonchev–Trinajstić information content (AvgIpc) is 2.34. The highest BCUT2D eigenvalue weighted by Gasteiger charge is 2.27. The molecule has 0 aromatic carbocycles. The number of unbranched alkanes of at least 4 members (excludes halogenated alkanes) is 1. The van der Waals surface area contributed by atoms with Crippen molar-refractivity contribution >= 4 is 0 Å². The van der Waals surface area contributed by atoms with E-state index in [4.69, 9.17) is 9.47 Å². The van der Waals surface area contributed by atoms with Crippen molar-refractivity contribution in [2.45, 2.75) is 45.8 Å². The molecule has 0 fully saturated rings. The van der Waals surface area contributed by atoms with Gasteiger partial charge in [-0.2, -0.15) is 0 Å². The molecule has 1 N–H and O–H groups in total. The fourth-order valence-corrected chi connectivity index (χ4v) is 1.98. The quantitative estimate of drug-likeness (QED) is 0.474. The monoisotopic (exact) mass is 244 g/mol. The zero-order chi connectivity index (χ0) is 13.3. The molecule has 0 amide bonds. The lowest BCUT2D eigenvalue weighted by Crippen LogP contribution is -2.36. The van der Waals surface area contributed by atoms with E-state index in [9.17, 15) is 5.11 Å². The van der Waals surface area contributed by atoms with Gasteiger partial charge in [-0.3, -0.25) is 0 Å². The highest BCUT2D eigenvalue weighted by Crippen LogP contribution is 2.20. The summed E-state index contributed by atoms with van der Waals surface area (Å²) in [6.45, 7) is 11.3. The molecule has 0 unspecified atom stereocenters. The summed E-state index contributed by atoms with van der Waals surface area (Å²) >= 11 is 0. The summed E-state index contributed by atoms with van der Waals surface area (Å²) in [5.41, 5.74) is 0. The summed E-state index contributed by atoms with van der Waals surface area (Å²) in [6, 6.07) is 0. The topological polar surface area (TPSA) is 38.7 Å². The number of rotatable bonds is 10. The van der Waals surface area contributed by atoms with Gasteiger partial charge in [0.15, 0.2) is 0 Å². The minimum Gasteiger partial charge on any atom is -0.389 e. The van der Waals surface area contributed by atoms with Crippen LogP contribution in [0.4, 0.5) is 0 Å². The first-order valence-electron chi connectivity index (χ1n) is 6.49. The largest absolute Gasteiger partial charge is 0.389 e. The zero-order valence-electron chi connectivity index (χ0n) is 11.7. The Kier molecular flexibility index (Phi) is 9.41. The molecule has 0 bridgehead atoms. The van der Waals surface area contributed by atoms with E-state index in [1.807, 2.05) is 6.92 Å². The van der Waals surface area contributed by atoms with Gasteiger partial charge >= 0.3 is 0 Å². The molecule has 0 aliphatic rings. The number of hydrogen-bond donors (Lipinski definition) is 1. The van der Waals surface area contributed by atoms with E-state index >= 15 is 0 Å². The van der Waals surface area contributed by atoms with Crippen molar-refractivity contribution in [3.8, 4) is 0 Å². The first kappa shape index (κ1) is 16.6. The van der Waals surface area contributed by atoms with Gasteiger partial charge in [-0.15, -0.1) is 6.58 Å². The maximum absolute atomic E-state index is 9.75. The van der Waals surface area contributed by atoms with E-state index in [-0.39, 0.29) is 17.9 Å². The number of hydrogen-bond acceptors (Lipinski definition) is 3. The maximum atomic E-state index is 9.75. The lowest BCUT2D eigenvalue weighted by atomic mass is 9.89. The minimum atomic E-state index is -0.530. The number of ether oxygens (including phenoxy) is 2. The van der Waals surface area contributed by atoms with Crippen molar-refractivity contribution in [2.24, 2.45) is 11.8 Å². The lowest BCUT2D eigenvalue weighted by Gasteiger charge is -2.30. The van der Waals surface area contributed by atoms with Gasteiger partial charge in [0.2, 0.25) is 0 Å². The molecule has 0 aliphatic heterocycles. The second-order valence-corrected chi connectivity index (χ2v) is 4.69. The third-order valence-electron chi connectivity index (χ3n) is 3.15. The Morgan fingerprint density at radius 3 is 2.47 bits per heavy atom. The Bertz CT molecular complexity index is 194. The fourth-order valence-electron chi connectivity index (χ4n) is 1.98. The highest BCUT2D eigenvalue weighted by molar-refractivity contribution is 4.87. The Morgan fingerprint density at radius 1 is 1.35 bits per heavy atom. The van der Waals surface area contributed by atoms with Crippen LogP contribution in [0.15, 0.2) is 12.7 Å². The van der Waals surface area contributed by atoms with Crippen LogP contribution >= 0.6 is 0 Å². The summed E-state index contributed by atoms with van der Waals surface area (Å²) in [6.07, 6.45) is 3.26. The van der Waals surface area contributed by atoms with E-state index in [1.54, 1.807) is 13.2 Å². The molecule has 0 aromatic heterocycles. The van der Waals surface area contributed by atoms with Crippen molar-refractivity contribution in [2.75, 3.05) is 20.3 Å². The van der Waals surface area contributed by atoms with E-state index in [2.05, 4.69) is 20.4 Å². The molecule has 0 saturated carbocycles. The van der Waals surface area contributed by atoms with E-state index in [0.29, 0.717) is 6.61 Å². The molecule has 17 heavy (non-hydrogen) atoms. The predicted octanol–water partition coefficient (Wildman–Crippen LogP) is 2.64. The number of aliphatic hydroxyl groups excluding tert-OH is 1. The molecular weight excluding hydrogens is 216 g/mol. The molecule has 3 nitrogen and oxygen atoms in total. The summed E-state index contributed by atoms with van der Waals surface area (Å²) < 4.78 is 11.1. The van der Waals surface area contributed by atoms with Crippen LogP contribution in [0.2, 0.25) is 0 Å². The van der Waals surface area contributed by atoms with Crippen molar-refractivity contribution in [1.82, 2.24) is 0 Å². The van der Waals surface area contributed by atoms with Gasteiger partial charge in [0.25, 0.3) is 0 Å². The Morgan fingerprint density at radius 2 is 2.00 bits per heavy atom. The second kappa shape index (κ2) is 9.63. The standard InChI is InChI=1S/C14H28O3/c1-6-8-9-17-10-11(3)14(16-5)12(4)13(15)7-2/h7,11-15H,2,6,8-10H2,1,3-5H3/t11-,12+,13-,14-/m1/s1. The summed E-state index contributed by atoms with van der Waals surface area (Å²) in [7, 11) is 1.68. The van der Waals surface area contributed by atoms with Gasteiger partial charge in [-0.25, -0.2) is 0 Å². The van der Waals surface area contributed by atoms with Crippen LogP contribution in [0, 0.1) is 11.8 Å². The smallest absolute Gasteiger partial charge is 0.0768 e. The van der Waals surface area contributed by atoms with Gasteiger partial charge in [-0.05, 0) is 6.42 Å². The highest BCUT2D eigenvalue weighted by atomic mass is 16.5. The van der Waals surface area contributed by atoms with Crippen LogP contribution in [-0.4, -0.2) is 37.6 Å². The van der Waals surface area contributed by atoms with Crippen LogP contribution in [0.5, 0.6) is 0 Å². The lowest BCUT2D eigenvalue weighted by molar-refractivity contribution is -0.0449. The van der Waals surface area contributed by atoms with Crippen LogP contribution in [0.3, 0.4) is 0 Å². The first-order chi connectivity index (χ1) is 8.08. The van der Waals surface area contributed by atoms with Crippen molar-refractivity contribution in [3.63, 3.8) is 0 Å². The van der Waals surface area contributed by atoms with Gasteiger partial charge < -0.3 is 14.6 Å². The second-order valence-electron chi connectivity index (χ2n) is 4.69. The Labute approximate surface area is 106 Å². The number of methoxy groups -OCH3 is 1. The third-order valence-corrected chi connectivity index (χ3v) is 3.15. The fraction of sp³-hybridized carbons (Fsp3) is 0.857. The van der Waals surface area contributed by atoms with Crippen molar-refractivity contribution < 1.29 is 14.6 Å². The minimum absolute atomic E-state index is 0.00961. The zero-order valence-corrected chi connectivity index (χ0v) is 11.7. The molecule has 0 saturated heterocycles. The van der Waals surface area contributed by atoms with Crippen molar-refractivity contribution in [3.05, 3.63) is 12.7 Å². The van der Waals surface area contributed by atoms with Crippen LogP contribution in [-0.2, 0) is 9.47 Å². The number of aliphatic hydroxyl groups is 1. The molecule has 102 valence electrons. The molecule has 3 heteroatoms. The Hall–Kier alpha value is -0.380. The van der Waals surface area contributed by atoms with E-state index in [0.717, 1.165) is 19.4 Å². The van der Waals surface area contributed by atoms with Crippen LogP contribution in [0.1, 0.15) is 33.6 Å². The first-order valence-corrected chi connectivity index (χ1v) is 6.49. The van der Waals surface area contributed by atoms with Gasteiger partial charge in [0, 0.05) is 25.6 Å². The normalized spacial score (nSPS) is 18.4. The van der Waals surface area contributed by atoms with Gasteiger partial charge in [0.05, 0.1) is 18.8 Å². The van der Waals surface area contributed by atoms with Gasteiger partial charge in [-0.1, -0.05) is 33.3 Å². The summed E-state index contributed by atoms with van der Waals surface area (Å²) in [4.78, 5) is 0. The molecular formula is C14H28O3. The molecule has 0 heterocycles. The molecule has 4 atom stereocenters. The van der Waals surface area contributed by atoms with Crippen LogP contribution < -0.4 is 0 Å². The predicted molar refractivity (Wildman–Crippen MR) is 71.1 cm³/mol. The van der Waals surface area contributed by atoms with E-state index in [1.165, 1.54) is 0 Å². The van der Waals surface area contributed by atoms with E-state index < -0.39 is 6.10 Å². The van der Waals surface area contributed by atoms with Crippen LogP contribution in [0.25, 0.3) is 0 Å². The third kappa shape index (κ3) is 6.20.